The van der Waals surface area contributed by atoms with Crippen LogP contribution in [0, 0.1) is 11.5 Å². The second kappa shape index (κ2) is 6.39. The predicted octanol–water partition coefficient (Wildman–Crippen LogP) is 3.28. The zero-order valence-electron chi connectivity index (χ0n) is 10.4. The summed E-state index contributed by atoms with van der Waals surface area (Å²) < 4.78 is 11.9. The van der Waals surface area contributed by atoms with E-state index in [9.17, 15) is 4.21 Å². The van der Waals surface area contributed by atoms with Crippen LogP contribution in [0.2, 0.25) is 19.6 Å². The van der Waals surface area contributed by atoms with Gasteiger partial charge >= 0.3 is 0 Å². The van der Waals surface area contributed by atoms with Crippen molar-refractivity contribution in [2.75, 3.05) is 5.75 Å². The first kappa shape index (κ1) is 14.5. The lowest BCUT2D eigenvalue weighted by molar-refractivity contribution is 0.683. The van der Waals surface area contributed by atoms with Gasteiger partial charge in [-0.3, -0.25) is 4.21 Å². The van der Waals surface area contributed by atoms with Crippen molar-refractivity contribution in [2.24, 2.45) is 0 Å². The average Bonchev–Trinajstić information content (AvgIpc) is 2.27. The van der Waals surface area contributed by atoms with Gasteiger partial charge in [-0.25, -0.2) is 0 Å². The lowest BCUT2D eigenvalue weighted by atomic mass is 10.4. The fraction of sp³-hybridized carbons (Fsp3) is 0.385. The highest BCUT2D eigenvalue weighted by atomic mass is 35.5. The largest absolute Gasteiger partial charge is 0.254 e. The second-order valence-electron chi connectivity index (χ2n) is 4.81. The molecule has 0 saturated carbocycles. The van der Waals surface area contributed by atoms with Gasteiger partial charge in [-0.1, -0.05) is 43.8 Å². The molecule has 0 spiro atoms. The fourth-order valence-corrected chi connectivity index (χ4v) is 3.24. The highest BCUT2D eigenvalue weighted by molar-refractivity contribution is 7.85. The Morgan fingerprint density at radius 2 is 1.88 bits per heavy atom. The lowest BCUT2D eigenvalue weighted by Crippen LogP contribution is -2.18. The number of halogens is 1. The number of alkyl halides is 1. The van der Waals surface area contributed by atoms with E-state index in [4.69, 9.17) is 11.6 Å². The van der Waals surface area contributed by atoms with E-state index < -0.39 is 18.9 Å². The summed E-state index contributed by atoms with van der Waals surface area (Å²) in [6.45, 7) is 6.49. The van der Waals surface area contributed by atoms with E-state index in [1.807, 2.05) is 30.3 Å². The van der Waals surface area contributed by atoms with Gasteiger partial charge in [0.2, 0.25) is 0 Å². The molecule has 0 aliphatic rings. The van der Waals surface area contributed by atoms with E-state index in [0.29, 0.717) is 5.75 Å². The number of rotatable bonds is 3. The van der Waals surface area contributed by atoms with E-state index in [-0.39, 0.29) is 5.38 Å². The Morgan fingerprint density at radius 1 is 1.29 bits per heavy atom. The maximum absolute atomic E-state index is 11.9. The maximum atomic E-state index is 11.9. The molecule has 0 saturated heterocycles. The fourth-order valence-electron chi connectivity index (χ4n) is 1.14. The molecule has 0 aromatic heterocycles. The average molecular weight is 285 g/mol. The first-order valence-electron chi connectivity index (χ1n) is 5.49. The smallest absolute Gasteiger partial charge is 0.129 e. The predicted molar refractivity (Wildman–Crippen MR) is 78.5 cm³/mol. The van der Waals surface area contributed by atoms with Crippen molar-refractivity contribution in [3.05, 3.63) is 30.3 Å². The summed E-state index contributed by atoms with van der Waals surface area (Å²) in [5, 5.41) is -0.331. The van der Waals surface area contributed by atoms with Gasteiger partial charge in [-0.2, -0.15) is 0 Å². The molecule has 0 aliphatic carbocycles. The van der Waals surface area contributed by atoms with Crippen LogP contribution in [-0.2, 0) is 10.8 Å². The summed E-state index contributed by atoms with van der Waals surface area (Å²) in [4.78, 5) is 0.813. The van der Waals surface area contributed by atoms with Crippen molar-refractivity contribution in [3.63, 3.8) is 0 Å². The van der Waals surface area contributed by atoms with Gasteiger partial charge < -0.3 is 0 Å². The molecule has 1 aromatic carbocycles. The molecule has 0 amide bonds. The third-order valence-electron chi connectivity index (χ3n) is 1.91. The minimum atomic E-state index is -1.39. The van der Waals surface area contributed by atoms with Gasteiger partial charge in [0.15, 0.2) is 0 Å². The molecule has 1 rings (SSSR count). The van der Waals surface area contributed by atoms with Crippen molar-refractivity contribution >= 4 is 30.5 Å². The lowest BCUT2D eigenvalue weighted by Gasteiger charge is -2.06. The minimum absolute atomic E-state index is 0.331. The molecule has 0 aliphatic heterocycles. The Kier molecular flexibility index (Phi) is 5.45. The van der Waals surface area contributed by atoms with Crippen molar-refractivity contribution in [1.29, 1.82) is 0 Å². The highest BCUT2D eigenvalue weighted by Gasteiger charge is 2.11. The summed E-state index contributed by atoms with van der Waals surface area (Å²) in [5.41, 5.74) is 3.20. The van der Waals surface area contributed by atoms with Gasteiger partial charge in [0.1, 0.15) is 13.5 Å². The van der Waals surface area contributed by atoms with Gasteiger partial charge in [0.25, 0.3) is 0 Å². The minimum Gasteiger partial charge on any atom is -0.254 e. The summed E-state index contributed by atoms with van der Waals surface area (Å²) in [5.74, 6) is 3.40. The Labute approximate surface area is 112 Å². The topological polar surface area (TPSA) is 17.1 Å². The molecule has 0 N–H and O–H groups in total. The highest BCUT2D eigenvalue weighted by Crippen LogP contribution is 2.09. The zero-order chi connectivity index (χ0) is 12.9. The summed E-state index contributed by atoms with van der Waals surface area (Å²) >= 11 is 6.09. The Bertz CT molecular complexity index is 442. The van der Waals surface area contributed by atoms with Crippen LogP contribution in [0.1, 0.15) is 0 Å². The van der Waals surface area contributed by atoms with Crippen molar-refractivity contribution < 1.29 is 4.21 Å². The first-order chi connectivity index (χ1) is 7.88. The van der Waals surface area contributed by atoms with Crippen LogP contribution >= 0.6 is 11.6 Å². The summed E-state index contributed by atoms with van der Waals surface area (Å²) in [6, 6.07) is 9.37. The van der Waals surface area contributed by atoms with E-state index in [0.717, 1.165) is 4.90 Å². The second-order valence-corrected chi connectivity index (χ2v) is 11.6. The normalized spacial score (nSPS) is 14.6. The number of benzene rings is 1. The van der Waals surface area contributed by atoms with Crippen LogP contribution in [0.3, 0.4) is 0 Å². The zero-order valence-corrected chi connectivity index (χ0v) is 12.9. The number of hydrogen-bond acceptors (Lipinski definition) is 1. The quantitative estimate of drug-likeness (QED) is 0.473. The molecule has 2 unspecified atom stereocenters. The molecule has 4 heteroatoms. The first-order valence-corrected chi connectivity index (χ1v) is 10.7. The molecule has 2 atom stereocenters. The third-order valence-corrected chi connectivity index (χ3v) is 4.68. The SMILES string of the molecule is C[Si](C)(C)C#CC(Cl)CS(=O)c1ccccc1. The molecule has 0 fully saturated rings. The third kappa shape index (κ3) is 6.07. The van der Waals surface area contributed by atoms with Crippen LogP contribution in [0.25, 0.3) is 0 Å². The van der Waals surface area contributed by atoms with Gasteiger partial charge in [0.05, 0.1) is 16.6 Å². The van der Waals surface area contributed by atoms with Crippen LogP contribution in [0.4, 0.5) is 0 Å². The maximum Gasteiger partial charge on any atom is 0.129 e. The van der Waals surface area contributed by atoms with E-state index in [2.05, 4.69) is 31.1 Å². The molecular weight excluding hydrogens is 268 g/mol. The molecule has 1 nitrogen and oxygen atoms in total. The van der Waals surface area contributed by atoms with Gasteiger partial charge in [-0.05, 0) is 12.1 Å². The van der Waals surface area contributed by atoms with Crippen LogP contribution in [0.5, 0.6) is 0 Å². The molecule has 0 heterocycles. The van der Waals surface area contributed by atoms with Gasteiger partial charge in [-0.15, -0.1) is 17.1 Å². The van der Waals surface area contributed by atoms with Crippen LogP contribution in [-0.4, -0.2) is 23.4 Å². The molecule has 1 aromatic rings. The van der Waals surface area contributed by atoms with E-state index in [1.165, 1.54) is 0 Å². The Hall–Kier alpha value is -0.563. The van der Waals surface area contributed by atoms with Gasteiger partial charge in [0, 0.05) is 4.90 Å². The van der Waals surface area contributed by atoms with E-state index in [1.54, 1.807) is 0 Å². The molecule has 0 bridgehead atoms. The monoisotopic (exact) mass is 284 g/mol. The Balaban J connectivity index is 2.61. The standard InChI is InChI=1S/C13H17ClOSSi/c1-17(2,3)10-9-12(14)11-16(15)13-7-5-4-6-8-13/h4-8,12H,11H2,1-3H3. The Morgan fingerprint density at radius 3 is 2.41 bits per heavy atom. The van der Waals surface area contributed by atoms with Crippen molar-refractivity contribution in [3.8, 4) is 11.5 Å². The molecular formula is C13H17ClOSSi. The number of hydrogen-bond donors (Lipinski definition) is 0. The van der Waals surface area contributed by atoms with Crippen LogP contribution in [0.15, 0.2) is 35.2 Å². The molecule has 92 valence electrons. The summed E-state index contributed by atoms with van der Waals surface area (Å²) in [6.07, 6.45) is 0. The van der Waals surface area contributed by atoms with Crippen molar-refractivity contribution in [1.82, 2.24) is 0 Å². The molecule has 17 heavy (non-hydrogen) atoms. The van der Waals surface area contributed by atoms with E-state index >= 15 is 0 Å². The molecule has 0 radical (unpaired) electrons. The summed E-state index contributed by atoms with van der Waals surface area (Å²) in [7, 11) is -2.46. The van der Waals surface area contributed by atoms with Crippen molar-refractivity contribution in [2.45, 2.75) is 29.9 Å². The van der Waals surface area contributed by atoms with Crippen LogP contribution < -0.4 is 0 Å².